The summed E-state index contributed by atoms with van der Waals surface area (Å²) in [6.07, 6.45) is 3.60. The number of rotatable bonds is 6. The fourth-order valence-electron chi connectivity index (χ4n) is 2.08. The Labute approximate surface area is 136 Å². The second-order valence-corrected chi connectivity index (χ2v) is 5.41. The van der Waals surface area contributed by atoms with E-state index in [0.29, 0.717) is 17.2 Å². The first-order valence-corrected chi connectivity index (χ1v) is 7.55. The van der Waals surface area contributed by atoms with Crippen LogP contribution >= 0.6 is 12.2 Å². The second-order valence-electron chi connectivity index (χ2n) is 4.97. The van der Waals surface area contributed by atoms with Crippen molar-refractivity contribution in [3.05, 3.63) is 48.3 Å². The minimum absolute atomic E-state index is 0.193. The number of thiocarbonyl (C=S) groups is 1. The van der Waals surface area contributed by atoms with Crippen molar-refractivity contribution in [3.63, 3.8) is 0 Å². The lowest BCUT2D eigenvalue weighted by molar-refractivity contribution is 0.0911. The van der Waals surface area contributed by atoms with Crippen LogP contribution in [0.4, 0.5) is 0 Å². The molecule has 22 heavy (non-hydrogen) atoms. The number of nitrogens with zero attached hydrogens (tertiary/aromatic N) is 2. The highest BCUT2D eigenvalue weighted by molar-refractivity contribution is 7.80. The fourth-order valence-corrected chi connectivity index (χ4v) is 2.42. The predicted octanol–water partition coefficient (Wildman–Crippen LogP) is 0.860. The van der Waals surface area contributed by atoms with Gasteiger partial charge in [-0.1, -0.05) is 30.4 Å². The Morgan fingerprint density at radius 1 is 1.32 bits per heavy atom. The van der Waals surface area contributed by atoms with Crippen molar-refractivity contribution in [2.75, 3.05) is 20.3 Å². The van der Waals surface area contributed by atoms with Gasteiger partial charge in [0.2, 0.25) is 0 Å². The SMILES string of the molecule is CCNC(=S)C(NNC(=O)c1ccccc1)N1C=CN(C)C1. The van der Waals surface area contributed by atoms with Crippen LogP contribution in [0, 0.1) is 0 Å². The molecule has 1 aromatic carbocycles. The maximum Gasteiger partial charge on any atom is 0.265 e. The average Bonchev–Trinajstić information content (AvgIpc) is 2.95. The molecule has 118 valence electrons. The average molecular weight is 319 g/mol. The molecule has 0 aromatic heterocycles. The molecule has 0 fully saturated rings. The number of amides is 1. The Kier molecular flexibility index (Phi) is 5.74. The molecule has 0 spiro atoms. The number of carbonyl (C=O) groups excluding carboxylic acids is 1. The lowest BCUT2D eigenvalue weighted by Crippen LogP contribution is -2.58. The van der Waals surface area contributed by atoms with Gasteiger partial charge in [0.05, 0.1) is 6.67 Å². The molecule has 0 radical (unpaired) electrons. The van der Waals surface area contributed by atoms with Crippen molar-refractivity contribution in [2.24, 2.45) is 0 Å². The topological polar surface area (TPSA) is 59.6 Å². The zero-order chi connectivity index (χ0) is 15.9. The standard InChI is InChI=1S/C15H21N5OS/c1-3-16-15(22)13(20-10-9-19(2)11-20)17-18-14(21)12-7-5-4-6-8-12/h4-10,13,17H,3,11H2,1-2H3,(H,16,22)(H,18,21). The van der Waals surface area contributed by atoms with E-state index < -0.39 is 0 Å². The van der Waals surface area contributed by atoms with E-state index in [2.05, 4.69) is 16.2 Å². The normalized spacial score (nSPS) is 14.8. The number of carbonyl (C=O) groups is 1. The number of nitrogens with one attached hydrogen (secondary N) is 3. The number of hydrazine groups is 1. The summed E-state index contributed by atoms with van der Waals surface area (Å²) in [6, 6.07) is 9.05. The summed E-state index contributed by atoms with van der Waals surface area (Å²) in [4.78, 5) is 16.8. The van der Waals surface area contributed by atoms with Gasteiger partial charge in [-0.25, -0.2) is 5.43 Å². The van der Waals surface area contributed by atoms with Crippen LogP contribution in [0.5, 0.6) is 0 Å². The van der Waals surface area contributed by atoms with Crippen molar-refractivity contribution in [1.29, 1.82) is 0 Å². The van der Waals surface area contributed by atoms with Crippen LogP contribution in [0.25, 0.3) is 0 Å². The van der Waals surface area contributed by atoms with Gasteiger partial charge >= 0.3 is 0 Å². The number of benzene rings is 1. The summed E-state index contributed by atoms with van der Waals surface area (Å²) in [7, 11) is 1.98. The van der Waals surface area contributed by atoms with E-state index in [1.54, 1.807) is 12.1 Å². The molecule has 1 aliphatic rings. The molecule has 1 aliphatic heterocycles. The third kappa shape index (κ3) is 4.19. The summed E-state index contributed by atoms with van der Waals surface area (Å²) in [5.74, 6) is -0.193. The number of hydrogen-bond donors (Lipinski definition) is 3. The number of likely N-dealkylation sites (N-methyl/N-ethyl adjacent to an activating group) is 1. The first-order valence-electron chi connectivity index (χ1n) is 7.14. The molecule has 3 N–H and O–H groups in total. The van der Waals surface area contributed by atoms with Gasteiger partial charge in [0.15, 0.2) is 0 Å². The number of hydrogen-bond acceptors (Lipinski definition) is 5. The van der Waals surface area contributed by atoms with E-state index in [9.17, 15) is 4.79 Å². The molecule has 0 saturated carbocycles. The molecule has 0 aliphatic carbocycles. The molecule has 1 unspecified atom stereocenters. The molecule has 2 rings (SSSR count). The Morgan fingerprint density at radius 3 is 2.64 bits per heavy atom. The quantitative estimate of drug-likeness (QED) is 0.534. The molecule has 6 nitrogen and oxygen atoms in total. The summed E-state index contributed by atoms with van der Waals surface area (Å²) in [5.41, 5.74) is 6.32. The van der Waals surface area contributed by atoms with Gasteiger partial charge in [-0.05, 0) is 19.1 Å². The van der Waals surface area contributed by atoms with Crippen molar-refractivity contribution < 1.29 is 4.79 Å². The first kappa shape index (κ1) is 16.3. The van der Waals surface area contributed by atoms with Crippen molar-refractivity contribution in [3.8, 4) is 0 Å². The van der Waals surface area contributed by atoms with E-state index >= 15 is 0 Å². The van der Waals surface area contributed by atoms with Crippen LogP contribution in [-0.2, 0) is 0 Å². The van der Waals surface area contributed by atoms with Crippen LogP contribution < -0.4 is 16.2 Å². The van der Waals surface area contributed by atoms with Gasteiger partial charge < -0.3 is 15.1 Å². The molecule has 0 saturated heterocycles. The lowest BCUT2D eigenvalue weighted by atomic mass is 10.2. The molecule has 1 aromatic rings. The Balaban J connectivity index is 1.99. The highest BCUT2D eigenvalue weighted by Gasteiger charge is 2.23. The lowest BCUT2D eigenvalue weighted by Gasteiger charge is -2.30. The maximum absolute atomic E-state index is 12.1. The van der Waals surface area contributed by atoms with Crippen molar-refractivity contribution in [1.82, 2.24) is 26.0 Å². The summed E-state index contributed by atoms with van der Waals surface area (Å²) >= 11 is 5.40. The highest BCUT2D eigenvalue weighted by atomic mass is 32.1. The Bertz CT molecular complexity index is 548. The van der Waals surface area contributed by atoms with E-state index in [0.717, 1.165) is 6.54 Å². The largest absolute Gasteiger partial charge is 0.377 e. The summed E-state index contributed by atoms with van der Waals surface area (Å²) in [5, 5.41) is 3.12. The van der Waals surface area contributed by atoms with Gasteiger partial charge in [0, 0.05) is 31.6 Å². The van der Waals surface area contributed by atoms with E-state index in [1.807, 2.05) is 54.4 Å². The van der Waals surface area contributed by atoms with Crippen LogP contribution in [0.15, 0.2) is 42.7 Å². The fraction of sp³-hybridized carbons (Fsp3) is 0.333. The Morgan fingerprint density at radius 2 is 2.05 bits per heavy atom. The molecule has 7 heteroatoms. The first-order chi connectivity index (χ1) is 10.6. The third-order valence-electron chi connectivity index (χ3n) is 3.19. The van der Waals surface area contributed by atoms with Gasteiger partial charge in [-0.15, -0.1) is 0 Å². The third-order valence-corrected chi connectivity index (χ3v) is 3.56. The second kappa shape index (κ2) is 7.77. The zero-order valence-corrected chi connectivity index (χ0v) is 13.6. The van der Waals surface area contributed by atoms with Gasteiger partial charge in [0.25, 0.3) is 5.91 Å². The summed E-state index contributed by atoms with van der Waals surface area (Å²) in [6.45, 7) is 3.42. The minimum atomic E-state index is -0.302. The monoisotopic (exact) mass is 319 g/mol. The van der Waals surface area contributed by atoms with Crippen molar-refractivity contribution >= 4 is 23.1 Å². The van der Waals surface area contributed by atoms with E-state index in [1.165, 1.54) is 0 Å². The van der Waals surface area contributed by atoms with Crippen LogP contribution in [0.3, 0.4) is 0 Å². The molecule has 0 bridgehead atoms. The summed E-state index contributed by atoms with van der Waals surface area (Å²) < 4.78 is 0. The Hall–Kier alpha value is -2.12. The molecule has 1 heterocycles. The van der Waals surface area contributed by atoms with Gasteiger partial charge in [0.1, 0.15) is 11.2 Å². The predicted molar refractivity (Wildman–Crippen MR) is 90.7 cm³/mol. The molecule has 1 atom stereocenters. The molecule has 1 amide bonds. The molecular weight excluding hydrogens is 298 g/mol. The van der Waals surface area contributed by atoms with E-state index in [4.69, 9.17) is 12.2 Å². The van der Waals surface area contributed by atoms with Crippen molar-refractivity contribution in [2.45, 2.75) is 13.1 Å². The minimum Gasteiger partial charge on any atom is -0.377 e. The van der Waals surface area contributed by atoms with Crippen LogP contribution in [-0.4, -0.2) is 47.1 Å². The van der Waals surface area contributed by atoms with Gasteiger partial charge in [-0.2, -0.15) is 0 Å². The van der Waals surface area contributed by atoms with E-state index in [-0.39, 0.29) is 12.1 Å². The maximum atomic E-state index is 12.1. The van der Waals surface area contributed by atoms with Crippen LogP contribution in [0.1, 0.15) is 17.3 Å². The van der Waals surface area contributed by atoms with Crippen LogP contribution in [0.2, 0.25) is 0 Å². The van der Waals surface area contributed by atoms with Gasteiger partial charge in [-0.3, -0.25) is 10.2 Å². The highest BCUT2D eigenvalue weighted by Crippen LogP contribution is 2.08. The zero-order valence-electron chi connectivity index (χ0n) is 12.7. The smallest absolute Gasteiger partial charge is 0.265 e. The molecular formula is C15H21N5OS.